The minimum Gasteiger partial charge on any atom is -0.376 e. The number of nitrogens with zero attached hydrogens (tertiary/aromatic N) is 1. The van der Waals surface area contributed by atoms with Gasteiger partial charge in [-0.15, -0.1) is 0 Å². The van der Waals surface area contributed by atoms with Crippen LogP contribution in [0.25, 0.3) is 0 Å². The fourth-order valence-electron chi connectivity index (χ4n) is 2.52. The first kappa shape index (κ1) is 20.2. The maximum atomic E-state index is 12.1. The van der Waals surface area contributed by atoms with Crippen molar-refractivity contribution in [3.8, 4) is 0 Å². The highest BCUT2D eigenvalue weighted by Gasteiger charge is 2.54. The molecule has 1 aliphatic rings. The number of hydrogen-bond acceptors (Lipinski definition) is 4. The molecule has 1 fully saturated rings. The van der Waals surface area contributed by atoms with E-state index in [2.05, 4.69) is 4.40 Å². The quantitative estimate of drug-likeness (QED) is 0.361. The smallest absolute Gasteiger partial charge is 0.146 e. The Morgan fingerprint density at radius 1 is 1.24 bits per heavy atom. The van der Waals surface area contributed by atoms with Crippen molar-refractivity contribution < 1.29 is 18.4 Å². The fraction of sp³-hybridized carbons (Fsp3) is 0.632. The lowest BCUT2D eigenvalue weighted by molar-refractivity contribution is -0.0626. The Bertz CT molecular complexity index is 585. The standard InChI is InChI=1S/C19H29NO4S/c1-18(2,3)25(21)20-11-17-10-19(17,14-24-15-22-4)13-23-12-16-8-6-5-7-9-16/h5-9,11,17H,10,12-15H2,1-4H3/b20-11+/t17-,19-,25?/m1/s1. The second-order valence-corrected chi connectivity index (χ2v) is 9.46. The van der Waals surface area contributed by atoms with Gasteiger partial charge < -0.3 is 14.2 Å². The summed E-state index contributed by atoms with van der Waals surface area (Å²) in [6, 6.07) is 10.1. The molecular formula is C19H29NO4S. The molecule has 5 nitrogen and oxygen atoms in total. The van der Waals surface area contributed by atoms with E-state index in [-0.39, 0.29) is 22.9 Å². The second kappa shape index (κ2) is 9.03. The van der Waals surface area contributed by atoms with Crippen molar-refractivity contribution in [2.45, 2.75) is 38.5 Å². The number of benzene rings is 1. The van der Waals surface area contributed by atoms with Crippen molar-refractivity contribution in [1.29, 1.82) is 0 Å². The Morgan fingerprint density at radius 2 is 1.92 bits per heavy atom. The Kier molecular flexibility index (Phi) is 7.31. The summed E-state index contributed by atoms with van der Waals surface area (Å²) >= 11 is 0. The lowest BCUT2D eigenvalue weighted by Gasteiger charge is -2.17. The molecule has 0 saturated heterocycles. The monoisotopic (exact) mass is 367 g/mol. The third-order valence-corrected chi connectivity index (χ3v) is 5.57. The molecule has 25 heavy (non-hydrogen) atoms. The molecule has 0 aliphatic heterocycles. The summed E-state index contributed by atoms with van der Waals surface area (Å²) in [5.74, 6) is 0.228. The zero-order valence-electron chi connectivity index (χ0n) is 15.6. The van der Waals surface area contributed by atoms with Crippen LogP contribution in [0.15, 0.2) is 34.7 Å². The highest BCUT2D eigenvalue weighted by Crippen LogP contribution is 2.52. The average molecular weight is 368 g/mol. The van der Waals surface area contributed by atoms with Crippen LogP contribution in [0.5, 0.6) is 0 Å². The summed E-state index contributed by atoms with van der Waals surface area (Å²) in [4.78, 5) is 0. The lowest BCUT2D eigenvalue weighted by atomic mass is 10.1. The normalized spacial score (nSPS) is 24.6. The van der Waals surface area contributed by atoms with Crippen molar-refractivity contribution in [2.75, 3.05) is 27.1 Å². The third kappa shape index (κ3) is 6.29. The van der Waals surface area contributed by atoms with Gasteiger partial charge in [0.15, 0.2) is 0 Å². The van der Waals surface area contributed by atoms with Gasteiger partial charge in [-0.05, 0) is 32.8 Å². The summed E-state index contributed by atoms with van der Waals surface area (Å²) in [5, 5.41) is 0. The molecule has 2 rings (SSSR count). The van der Waals surface area contributed by atoms with Gasteiger partial charge in [0.1, 0.15) is 17.8 Å². The van der Waals surface area contributed by atoms with E-state index in [0.717, 1.165) is 12.0 Å². The van der Waals surface area contributed by atoms with Gasteiger partial charge in [0, 0.05) is 24.7 Å². The topological polar surface area (TPSA) is 57.1 Å². The molecule has 0 aromatic heterocycles. The summed E-state index contributed by atoms with van der Waals surface area (Å²) in [7, 11) is 0.377. The van der Waals surface area contributed by atoms with E-state index in [4.69, 9.17) is 14.2 Å². The molecule has 0 N–H and O–H groups in total. The molecule has 1 aromatic carbocycles. The van der Waals surface area contributed by atoms with Crippen molar-refractivity contribution >= 4 is 17.2 Å². The van der Waals surface area contributed by atoms with Crippen LogP contribution in [0.1, 0.15) is 32.8 Å². The van der Waals surface area contributed by atoms with Crippen LogP contribution in [0.4, 0.5) is 0 Å². The van der Waals surface area contributed by atoms with Crippen LogP contribution in [-0.4, -0.2) is 42.3 Å². The number of methoxy groups -OCH3 is 1. The van der Waals surface area contributed by atoms with Gasteiger partial charge in [-0.25, -0.2) is 4.21 Å². The van der Waals surface area contributed by atoms with Gasteiger partial charge in [0.25, 0.3) is 0 Å². The summed E-state index contributed by atoms with van der Waals surface area (Å²) in [5.41, 5.74) is 1.05. The van der Waals surface area contributed by atoms with Crippen molar-refractivity contribution in [3.63, 3.8) is 0 Å². The molecule has 0 radical (unpaired) electrons. The molecule has 1 unspecified atom stereocenters. The number of ether oxygens (including phenoxy) is 3. The van der Waals surface area contributed by atoms with Gasteiger partial charge in [0.2, 0.25) is 0 Å². The molecule has 1 aromatic rings. The molecule has 0 amide bonds. The zero-order valence-corrected chi connectivity index (χ0v) is 16.4. The minimum atomic E-state index is -1.23. The fourth-order valence-corrected chi connectivity index (χ4v) is 3.10. The van der Waals surface area contributed by atoms with E-state index in [1.807, 2.05) is 57.3 Å². The number of hydrogen-bond donors (Lipinski definition) is 0. The minimum absolute atomic E-state index is 0.0983. The summed E-state index contributed by atoms with van der Waals surface area (Å²) in [6.45, 7) is 7.74. The average Bonchev–Trinajstić information content (AvgIpc) is 3.26. The molecule has 0 spiro atoms. The van der Waals surface area contributed by atoms with Gasteiger partial charge in [0.05, 0.1) is 24.6 Å². The summed E-state index contributed by atoms with van der Waals surface area (Å²) in [6.07, 6.45) is 2.75. The number of rotatable bonds is 10. The first-order chi connectivity index (χ1) is 11.9. The third-order valence-electron chi connectivity index (χ3n) is 4.21. The van der Waals surface area contributed by atoms with Crippen molar-refractivity contribution in [2.24, 2.45) is 15.7 Å². The summed E-state index contributed by atoms with van der Waals surface area (Å²) < 4.78 is 32.5. The molecular weight excluding hydrogens is 338 g/mol. The predicted molar refractivity (Wildman–Crippen MR) is 101 cm³/mol. The van der Waals surface area contributed by atoms with E-state index in [1.54, 1.807) is 7.11 Å². The van der Waals surface area contributed by atoms with Gasteiger partial charge in [-0.2, -0.15) is 4.40 Å². The Morgan fingerprint density at radius 3 is 2.56 bits per heavy atom. The predicted octanol–water partition coefficient (Wildman–Crippen LogP) is 3.36. The Balaban J connectivity index is 1.90. The van der Waals surface area contributed by atoms with Crippen LogP contribution in [-0.2, 0) is 31.8 Å². The van der Waals surface area contributed by atoms with Crippen LogP contribution in [0.3, 0.4) is 0 Å². The van der Waals surface area contributed by atoms with Crippen LogP contribution in [0.2, 0.25) is 0 Å². The largest absolute Gasteiger partial charge is 0.376 e. The Hall–Kier alpha value is -1.08. The molecule has 0 bridgehead atoms. The van der Waals surface area contributed by atoms with E-state index in [9.17, 15) is 4.21 Å². The first-order valence-corrected chi connectivity index (χ1v) is 9.63. The lowest BCUT2D eigenvalue weighted by Crippen LogP contribution is -2.22. The molecule has 140 valence electrons. The highest BCUT2D eigenvalue weighted by atomic mass is 32.2. The molecule has 0 heterocycles. The van der Waals surface area contributed by atoms with Crippen LogP contribution >= 0.6 is 0 Å². The molecule has 6 heteroatoms. The van der Waals surface area contributed by atoms with E-state index < -0.39 is 11.0 Å². The zero-order chi connectivity index (χ0) is 18.3. The van der Waals surface area contributed by atoms with E-state index in [0.29, 0.717) is 19.8 Å². The highest BCUT2D eigenvalue weighted by molar-refractivity contribution is 7.85. The van der Waals surface area contributed by atoms with E-state index in [1.165, 1.54) is 0 Å². The van der Waals surface area contributed by atoms with Gasteiger partial charge in [-0.1, -0.05) is 30.3 Å². The van der Waals surface area contributed by atoms with Crippen LogP contribution < -0.4 is 0 Å². The first-order valence-electron chi connectivity index (χ1n) is 8.52. The second-order valence-electron chi connectivity index (χ2n) is 7.52. The SMILES string of the molecule is COCOC[C@]1(COCc2ccccc2)C[C@@H]1/C=N/S(=O)C(C)(C)C. The van der Waals surface area contributed by atoms with Gasteiger partial charge >= 0.3 is 0 Å². The Labute approximate surface area is 153 Å². The van der Waals surface area contributed by atoms with Crippen molar-refractivity contribution in [3.05, 3.63) is 35.9 Å². The van der Waals surface area contributed by atoms with Crippen LogP contribution in [0, 0.1) is 11.3 Å². The molecule has 1 saturated carbocycles. The van der Waals surface area contributed by atoms with Gasteiger partial charge in [-0.3, -0.25) is 0 Å². The maximum Gasteiger partial charge on any atom is 0.146 e. The molecule has 1 aliphatic carbocycles. The van der Waals surface area contributed by atoms with E-state index >= 15 is 0 Å². The molecule has 3 atom stereocenters. The van der Waals surface area contributed by atoms with Crippen molar-refractivity contribution in [1.82, 2.24) is 0 Å². The maximum absolute atomic E-state index is 12.1.